The van der Waals surface area contributed by atoms with Gasteiger partial charge in [0.2, 0.25) is 10.0 Å². The maximum Gasteiger partial charge on any atom is 0.414 e. The van der Waals surface area contributed by atoms with Gasteiger partial charge in [-0.1, -0.05) is 25.1 Å². The zero-order chi connectivity index (χ0) is 16.4. The molecule has 0 unspecified atom stereocenters. The molecular formula is C16H22N2O4S. The fraction of sp³-hybridized carbons (Fsp3) is 0.562. The summed E-state index contributed by atoms with van der Waals surface area (Å²) in [4.78, 5) is 13.9. The number of hydrogen-bond acceptors (Lipinski definition) is 4. The molecule has 0 saturated carbocycles. The molecule has 1 amide bonds. The Morgan fingerprint density at radius 2 is 1.91 bits per heavy atom. The van der Waals surface area contributed by atoms with Gasteiger partial charge in [0.1, 0.15) is 6.61 Å². The van der Waals surface area contributed by atoms with E-state index in [1.165, 1.54) is 0 Å². The Morgan fingerprint density at radius 1 is 1.22 bits per heavy atom. The van der Waals surface area contributed by atoms with Crippen LogP contribution in [-0.4, -0.2) is 43.7 Å². The lowest BCUT2D eigenvalue weighted by Crippen LogP contribution is -2.50. The minimum absolute atomic E-state index is 0.0166. The van der Waals surface area contributed by atoms with Crippen LogP contribution < -0.4 is 4.90 Å². The molecule has 1 fully saturated rings. The fourth-order valence-corrected chi connectivity index (χ4v) is 4.83. The molecule has 3 rings (SSSR count). The van der Waals surface area contributed by atoms with Gasteiger partial charge in [0.15, 0.2) is 0 Å². The molecule has 126 valence electrons. The van der Waals surface area contributed by atoms with Crippen LogP contribution in [0.4, 0.5) is 10.5 Å². The molecule has 2 aliphatic rings. The highest BCUT2D eigenvalue weighted by atomic mass is 32.2. The Morgan fingerprint density at radius 3 is 2.61 bits per heavy atom. The van der Waals surface area contributed by atoms with Gasteiger partial charge in [0.05, 0.1) is 11.4 Å². The topological polar surface area (TPSA) is 66.9 Å². The van der Waals surface area contributed by atoms with Crippen molar-refractivity contribution in [3.63, 3.8) is 0 Å². The van der Waals surface area contributed by atoms with E-state index in [9.17, 15) is 13.2 Å². The van der Waals surface area contributed by atoms with Crippen LogP contribution in [0.25, 0.3) is 0 Å². The Labute approximate surface area is 137 Å². The summed E-state index contributed by atoms with van der Waals surface area (Å²) >= 11 is 0. The summed E-state index contributed by atoms with van der Waals surface area (Å²) in [6.45, 7) is 3.08. The number of sulfonamides is 1. The Balaban J connectivity index is 1.74. The summed E-state index contributed by atoms with van der Waals surface area (Å²) in [5.41, 5.74) is 1.88. The minimum atomic E-state index is -3.16. The number of ether oxygens (including phenoxy) is 1. The average Bonchev–Trinajstić information content (AvgIpc) is 2.55. The second kappa shape index (κ2) is 6.49. The Kier molecular flexibility index (Phi) is 4.59. The molecule has 0 aliphatic carbocycles. The van der Waals surface area contributed by atoms with Crippen molar-refractivity contribution >= 4 is 21.8 Å². The first kappa shape index (κ1) is 16.3. The van der Waals surface area contributed by atoms with Gasteiger partial charge in [-0.15, -0.1) is 0 Å². The molecule has 2 heterocycles. The van der Waals surface area contributed by atoms with Gasteiger partial charge in [0.25, 0.3) is 0 Å². The molecule has 0 bridgehead atoms. The lowest BCUT2D eigenvalue weighted by Gasteiger charge is -2.39. The lowest BCUT2D eigenvalue weighted by atomic mass is 10.0. The number of hydrogen-bond donors (Lipinski definition) is 0. The Hall–Kier alpha value is -1.60. The van der Waals surface area contributed by atoms with Crippen molar-refractivity contribution < 1.29 is 17.9 Å². The van der Waals surface area contributed by atoms with E-state index in [1.807, 2.05) is 31.2 Å². The van der Waals surface area contributed by atoms with Crippen LogP contribution in [0.5, 0.6) is 0 Å². The molecule has 7 heteroatoms. The third-order valence-electron chi connectivity index (χ3n) is 4.44. The van der Waals surface area contributed by atoms with Gasteiger partial charge >= 0.3 is 6.09 Å². The highest BCUT2D eigenvalue weighted by molar-refractivity contribution is 7.89. The van der Waals surface area contributed by atoms with E-state index in [-0.39, 0.29) is 17.9 Å². The number of rotatable bonds is 4. The molecule has 1 aromatic carbocycles. The second-order valence-electron chi connectivity index (χ2n) is 6.00. The molecule has 0 atom stereocenters. The number of benzene rings is 1. The largest absolute Gasteiger partial charge is 0.444 e. The van der Waals surface area contributed by atoms with Crippen LogP contribution in [0.3, 0.4) is 0 Å². The van der Waals surface area contributed by atoms with Crippen LogP contribution in [0.2, 0.25) is 0 Å². The molecular weight excluding hydrogens is 316 g/mol. The highest BCUT2D eigenvalue weighted by Crippen LogP contribution is 2.32. The van der Waals surface area contributed by atoms with Crippen molar-refractivity contribution in [2.45, 2.75) is 38.8 Å². The SMILES string of the molecule is CCCS(=O)(=O)N1CCC(N2C(=O)OCc3ccccc32)CC1. The maximum absolute atomic E-state index is 12.2. The molecule has 0 radical (unpaired) electrons. The molecule has 0 N–H and O–H groups in total. The quantitative estimate of drug-likeness (QED) is 0.845. The number of nitrogens with zero attached hydrogens (tertiary/aromatic N) is 2. The van der Waals surface area contributed by atoms with Crippen molar-refractivity contribution in [3.8, 4) is 0 Å². The van der Waals surface area contributed by atoms with E-state index in [4.69, 9.17) is 4.74 Å². The van der Waals surface area contributed by atoms with Crippen molar-refractivity contribution in [2.75, 3.05) is 23.7 Å². The van der Waals surface area contributed by atoms with Gasteiger partial charge in [-0.2, -0.15) is 0 Å². The van der Waals surface area contributed by atoms with E-state index < -0.39 is 10.0 Å². The zero-order valence-electron chi connectivity index (χ0n) is 13.3. The monoisotopic (exact) mass is 338 g/mol. The van der Waals surface area contributed by atoms with Gasteiger partial charge in [-0.25, -0.2) is 17.5 Å². The normalized spacial score (nSPS) is 20.2. The summed E-state index contributed by atoms with van der Waals surface area (Å²) in [6, 6.07) is 7.70. The van der Waals surface area contributed by atoms with Crippen LogP contribution in [0.1, 0.15) is 31.7 Å². The number of para-hydroxylation sites is 1. The van der Waals surface area contributed by atoms with Crippen molar-refractivity contribution in [3.05, 3.63) is 29.8 Å². The first-order chi connectivity index (χ1) is 11.0. The summed E-state index contributed by atoms with van der Waals surface area (Å²) in [6.07, 6.45) is 1.55. The lowest BCUT2D eigenvalue weighted by molar-refractivity contribution is 0.136. The van der Waals surface area contributed by atoms with Crippen molar-refractivity contribution in [1.82, 2.24) is 4.31 Å². The second-order valence-corrected chi connectivity index (χ2v) is 8.09. The summed E-state index contributed by atoms with van der Waals surface area (Å²) in [5.74, 6) is 0.187. The van der Waals surface area contributed by atoms with E-state index >= 15 is 0 Å². The van der Waals surface area contributed by atoms with E-state index in [0.717, 1.165) is 11.3 Å². The molecule has 6 nitrogen and oxygen atoms in total. The summed E-state index contributed by atoms with van der Waals surface area (Å²) in [5, 5.41) is 0. The van der Waals surface area contributed by atoms with E-state index in [0.29, 0.717) is 39.0 Å². The predicted molar refractivity (Wildman–Crippen MR) is 87.8 cm³/mol. The first-order valence-corrected chi connectivity index (χ1v) is 9.65. The molecule has 23 heavy (non-hydrogen) atoms. The van der Waals surface area contributed by atoms with Crippen LogP contribution in [-0.2, 0) is 21.4 Å². The molecule has 0 spiro atoms. The van der Waals surface area contributed by atoms with Gasteiger partial charge < -0.3 is 4.74 Å². The number of cyclic esters (lactones) is 1. The molecule has 2 aliphatic heterocycles. The number of amides is 1. The third-order valence-corrected chi connectivity index (χ3v) is 6.52. The molecule has 1 aromatic rings. The predicted octanol–water partition coefficient (Wildman–Crippen LogP) is 2.35. The minimum Gasteiger partial charge on any atom is -0.444 e. The number of fused-ring (bicyclic) bond motifs is 1. The number of anilines is 1. The third kappa shape index (κ3) is 3.21. The summed E-state index contributed by atoms with van der Waals surface area (Å²) < 4.78 is 31.1. The number of piperidine rings is 1. The Bertz CT molecular complexity index is 681. The van der Waals surface area contributed by atoms with Gasteiger partial charge in [-0.05, 0) is 25.3 Å². The maximum atomic E-state index is 12.2. The summed E-state index contributed by atoms with van der Waals surface area (Å²) in [7, 11) is -3.16. The zero-order valence-corrected chi connectivity index (χ0v) is 14.1. The van der Waals surface area contributed by atoms with Gasteiger partial charge in [0, 0.05) is 24.7 Å². The van der Waals surface area contributed by atoms with Crippen molar-refractivity contribution in [2.24, 2.45) is 0 Å². The molecule has 1 saturated heterocycles. The average molecular weight is 338 g/mol. The first-order valence-electron chi connectivity index (χ1n) is 8.04. The van der Waals surface area contributed by atoms with Crippen LogP contribution in [0.15, 0.2) is 24.3 Å². The van der Waals surface area contributed by atoms with Crippen molar-refractivity contribution in [1.29, 1.82) is 0 Å². The standard InChI is InChI=1S/C16H22N2O4S/c1-2-11-23(20,21)17-9-7-14(8-10-17)18-15-6-4-3-5-13(15)12-22-16(18)19/h3-6,14H,2,7-12H2,1H3. The fourth-order valence-electron chi connectivity index (χ4n) is 3.29. The molecule has 0 aromatic heterocycles. The van der Waals surface area contributed by atoms with Crippen LogP contribution in [0, 0.1) is 0 Å². The highest BCUT2D eigenvalue weighted by Gasteiger charge is 2.36. The number of carbonyl (C=O) groups is 1. The van der Waals surface area contributed by atoms with Crippen LogP contribution >= 0.6 is 0 Å². The number of carbonyl (C=O) groups excluding carboxylic acids is 1. The van der Waals surface area contributed by atoms with E-state index in [2.05, 4.69) is 0 Å². The van der Waals surface area contributed by atoms with Gasteiger partial charge in [-0.3, -0.25) is 4.90 Å². The smallest absolute Gasteiger partial charge is 0.414 e. The van der Waals surface area contributed by atoms with E-state index in [1.54, 1.807) is 9.21 Å².